The first-order valence-corrected chi connectivity index (χ1v) is 15.2. The highest BCUT2D eigenvalue weighted by Gasteiger charge is 2.41. The standard InChI is InChI=1S/C27H26F2IN5O4S/c1-35-23(7-10-33-35)19-11-18(38-15-17-5-3-2-4-6-17)12-22(30)27(19)39-24-13-21(29)25(14-20(24)28)40(36,37)34-26-8-9-31-16-32-26/h2-10,13-14,16,18-19,22,27H,11-12,15H2,1H3,(H,31,32,34)/t18-,19+,22+,27+/m0/s1. The zero-order valence-corrected chi connectivity index (χ0v) is 24.3. The number of benzene rings is 2. The number of aryl methyl sites for hydroxylation is 1. The number of anilines is 1. The van der Waals surface area contributed by atoms with Gasteiger partial charge in [-0.3, -0.25) is 9.40 Å². The molecule has 9 nitrogen and oxygen atoms in total. The van der Waals surface area contributed by atoms with Crippen molar-refractivity contribution in [1.29, 1.82) is 0 Å². The van der Waals surface area contributed by atoms with Gasteiger partial charge in [0.1, 0.15) is 29.0 Å². The van der Waals surface area contributed by atoms with Crippen LogP contribution >= 0.6 is 22.6 Å². The summed E-state index contributed by atoms with van der Waals surface area (Å²) in [7, 11) is -2.64. The zero-order chi connectivity index (χ0) is 28.3. The van der Waals surface area contributed by atoms with Gasteiger partial charge in [-0.15, -0.1) is 0 Å². The quantitative estimate of drug-likeness (QED) is 0.196. The van der Waals surface area contributed by atoms with Gasteiger partial charge in [0, 0.05) is 43.2 Å². The summed E-state index contributed by atoms with van der Waals surface area (Å²) in [5.41, 5.74) is 1.93. The van der Waals surface area contributed by atoms with Crippen LogP contribution in [-0.4, -0.2) is 44.3 Å². The van der Waals surface area contributed by atoms with Crippen molar-refractivity contribution in [2.45, 2.75) is 46.4 Å². The summed E-state index contributed by atoms with van der Waals surface area (Å²) in [6.45, 7) is 0.456. The molecule has 1 N–H and O–H groups in total. The number of nitrogens with zero attached hydrogens (tertiary/aromatic N) is 4. The minimum Gasteiger partial charge on any atom is -0.485 e. The summed E-state index contributed by atoms with van der Waals surface area (Å²) in [5.74, 6) is -2.84. The Bertz CT molecular complexity index is 1560. The number of ether oxygens (including phenoxy) is 2. The molecular formula is C27H26F2IN5O4S. The van der Waals surface area contributed by atoms with Crippen LogP contribution in [0.2, 0.25) is 0 Å². The number of alkyl halides is 1. The molecule has 1 fully saturated rings. The molecule has 1 aliphatic rings. The number of sulfonamides is 1. The maximum absolute atomic E-state index is 15.3. The van der Waals surface area contributed by atoms with Crippen LogP contribution in [0.5, 0.6) is 5.75 Å². The molecule has 4 atom stereocenters. The molecule has 0 aliphatic heterocycles. The van der Waals surface area contributed by atoms with Gasteiger partial charge in [-0.25, -0.2) is 27.2 Å². The van der Waals surface area contributed by atoms with Crippen molar-refractivity contribution in [1.82, 2.24) is 19.7 Å². The summed E-state index contributed by atoms with van der Waals surface area (Å²) in [6, 6.07) is 14.4. The van der Waals surface area contributed by atoms with E-state index in [2.05, 4.69) is 42.4 Å². The molecule has 1 saturated carbocycles. The van der Waals surface area contributed by atoms with Crippen LogP contribution in [-0.2, 0) is 28.4 Å². The van der Waals surface area contributed by atoms with E-state index in [4.69, 9.17) is 9.47 Å². The minimum absolute atomic E-state index is 0.0758. The van der Waals surface area contributed by atoms with Crippen LogP contribution in [0.15, 0.2) is 78.2 Å². The van der Waals surface area contributed by atoms with Gasteiger partial charge in [-0.05, 0) is 30.5 Å². The molecule has 0 radical (unpaired) electrons. The highest BCUT2D eigenvalue weighted by atomic mass is 127. The van der Waals surface area contributed by atoms with Crippen molar-refractivity contribution >= 4 is 38.4 Å². The minimum atomic E-state index is -4.46. The van der Waals surface area contributed by atoms with Gasteiger partial charge in [-0.1, -0.05) is 52.9 Å². The molecule has 5 rings (SSSR count). The summed E-state index contributed by atoms with van der Waals surface area (Å²) < 4.78 is 71.9. The highest BCUT2D eigenvalue weighted by Crippen LogP contribution is 2.41. The maximum atomic E-state index is 15.3. The van der Waals surface area contributed by atoms with E-state index in [9.17, 15) is 8.42 Å². The summed E-state index contributed by atoms with van der Waals surface area (Å²) in [6.07, 6.45) is 4.69. The third kappa shape index (κ3) is 6.41. The van der Waals surface area contributed by atoms with Crippen molar-refractivity contribution in [2.24, 2.45) is 7.05 Å². The topological polar surface area (TPSA) is 108 Å². The van der Waals surface area contributed by atoms with Crippen LogP contribution < -0.4 is 9.46 Å². The molecular weight excluding hydrogens is 655 g/mol. The predicted octanol–water partition coefficient (Wildman–Crippen LogP) is 5.00. The lowest BCUT2D eigenvalue weighted by Crippen LogP contribution is -2.44. The molecule has 0 spiro atoms. The van der Waals surface area contributed by atoms with E-state index in [0.717, 1.165) is 23.7 Å². The Morgan fingerprint density at radius 1 is 1.07 bits per heavy atom. The van der Waals surface area contributed by atoms with E-state index < -0.39 is 32.7 Å². The van der Waals surface area contributed by atoms with Gasteiger partial charge < -0.3 is 9.47 Å². The first-order chi connectivity index (χ1) is 19.2. The molecule has 1 aliphatic carbocycles. The predicted molar refractivity (Wildman–Crippen MR) is 152 cm³/mol. The number of aromatic nitrogens is 4. The number of halogens is 3. The number of hydrogen-bond acceptors (Lipinski definition) is 7. The Labute approximate surface area is 244 Å². The molecule has 2 aromatic carbocycles. The summed E-state index contributed by atoms with van der Waals surface area (Å²) in [5, 5.41) is 4.28. The summed E-state index contributed by atoms with van der Waals surface area (Å²) in [4.78, 5) is 6.60. The number of hydrogen-bond donors (Lipinski definition) is 1. The second-order valence-electron chi connectivity index (χ2n) is 9.39. The fourth-order valence-electron chi connectivity index (χ4n) is 4.77. The van der Waals surface area contributed by atoms with Crippen molar-refractivity contribution in [2.75, 3.05) is 4.72 Å². The van der Waals surface area contributed by atoms with Crippen LogP contribution in [0.4, 0.5) is 14.6 Å². The lowest BCUT2D eigenvalue weighted by Gasteiger charge is -2.39. The lowest BCUT2D eigenvalue weighted by molar-refractivity contribution is -0.0129. The molecule has 13 heteroatoms. The molecule has 0 saturated heterocycles. The van der Waals surface area contributed by atoms with E-state index in [1.165, 1.54) is 12.3 Å². The first-order valence-electron chi connectivity index (χ1n) is 12.4. The Morgan fingerprint density at radius 2 is 1.88 bits per heavy atom. The van der Waals surface area contributed by atoms with Gasteiger partial charge in [0.2, 0.25) is 0 Å². The SMILES string of the molecule is Cn1nccc1[C@H]1C[C@H](OCc2ccccc2)C[C@@H](I)[C@@H]1Oc1cc(F)c(S(=O)(=O)Nc2ccncn2)cc1F. The van der Waals surface area contributed by atoms with Gasteiger partial charge in [0.15, 0.2) is 11.6 Å². The Hall–Kier alpha value is -3.17. The van der Waals surface area contributed by atoms with Crippen molar-refractivity contribution in [3.8, 4) is 5.75 Å². The highest BCUT2D eigenvalue weighted by molar-refractivity contribution is 14.1. The smallest absolute Gasteiger partial charge is 0.266 e. The van der Waals surface area contributed by atoms with Gasteiger partial charge >= 0.3 is 0 Å². The van der Waals surface area contributed by atoms with Crippen LogP contribution in [0.25, 0.3) is 0 Å². The second-order valence-corrected chi connectivity index (χ2v) is 12.6. The third-order valence-corrected chi connectivity index (χ3v) is 9.27. The molecule has 4 aromatic rings. The average molecular weight is 682 g/mol. The molecule has 0 amide bonds. The third-order valence-electron chi connectivity index (χ3n) is 6.69. The maximum Gasteiger partial charge on any atom is 0.266 e. The van der Waals surface area contributed by atoms with E-state index in [1.807, 2.05) is 43.4 Å². The first kappa shape index (κ1) is 28.4. The van der Waals surface area contributed by atoms with Crippen molar-refractivity contribution in [3.63, 3.8) is 0 Å². The molecule has 2 aromatic heterocycles. The Morgan fingerprint density at radius 3 is 2.58 bits per heavy atom. The second kappa shape index (κ2) is 12.1. The van der Waals surface area contributed by atoms with Crippen LogP contribution in [0, 0.1) is 11.6 Å². The van der Waals surface area contributed by atoms with E-state index in [-0.39, 0.29) is 27.5 Å². The Kier molecular flexibility index (Phi) is 8.61. The molecule has 40 heavy (non-hydrogen) atoms. The van der Waals surface area contributed by atoms with Gasteiger partial charge in [0.25, 0.3) is 10.0 Å². The normalized spacial score (nSPS) is 21.2. The number of nitrogens with one attached hydrogen (secondary N) is 1. The number of rotatable bonds is 9. The van der Waals surface area contributed by atoms with E-state index >= 15 is 8.78 Å². The van der Waals surface area contributed by atoms with E-state index in [1.54, 1.807) is 10.9 Å². The fraction of sp³-hybridized carbons (Fsp3) is 0.296. The van der Waals surface area contributed by atoms with Gasteiger partial charge in [-0.2, -0.15) is 5.10 Å². The monoisotopic (exact) mass is 681 g/mol. The average Bonchev–Trinajstić information content (AvgIpc) is 3.36. The molecule has 0 bridgehead atoms. The molecule has 2 heterocycles. The lowest BCUT2D eigenvalue weighted by atomic mass is 9.82. The van der Waals surface area contributed by atoms with Crippen LogP contribution in [0.3, 0.4) is 0 Å². The van der Waals surface area contributed by atoms with Crippen molar-refractivity contribution < 1.29 is 26.7 Å². The largest absolute Gasteiger partial charge is 0.485 e. The van der Waals surface area contributed by atoms with Gasteiger partial charge in [0.05, 0.1) is 16.6 Å². The summed E-state index contributed by atoms with van der Waals surface area (Å²) >= 11 is 2.25. The molecule has 0 unspecified atom stereocenters. The van der Waals surface area contributed by atoms with Crippen LogP contribution in [0.1, 0.15) is 30.0 Å². The van der Waals surface area contributed by atoms with Crippen molar-refractivity contribution in [3.05, 3.63) is 96.2 Å². The molecule has 210 valence electrons. The Balaban J connectivity index is 1.37. The zero-order valence-electron chi connectivity index (χ0n) is 21.3. The van der Waals surface area contributed by atoms with E-state index in [0.29, 0.717) is 25.5 Å². The fourth-order valence-corrected chi connectivity index (χ4v) is 7.06.